The maximum atomic E-state index is 11.7. The average molecular weight is 268 g/mol. The summed E-state index contributed by atoms with van der Waals surface area (Å²) >= 11 is 3.38. The molecule has 15 heavy (non-hydrogen) atoms. The lowest BCUT2D eigenvalue weighted by atomic mass is 10.2. The van der Waals surface area contributed by atoms with E-state index in [0.717, 1.165) is 9.99 Å². The highest BCUT2D eigenvalue weighted by Crippen LogP contribution is 2.18. The Bertz CT molecular complexity index is 518. The molecule has 0 saturated carbocycles. The number of rotatable bonds is 1. The van der Waals surface area contributed by atoms with Crippen molar-refractivity contribution in [3.05, 3.63) is 34.6 Å². The second-order valence-corrected chi connectivity index (χ2v) is 4.29. The number of halogens is 1. The van der Waals surface area contributed by atoms with Crippen LogP contribution in [0.25, 0.3) is 5.52 Å². The van der Waals surface area contributed by atoms with Crippen LogP contribution in [0.3, 0.4) is 0 Å². The van der Waals surface area contributed by atoms with E-state index in [4.69, 9.17) is 0 Å². The summed E-state index contributed by atoms with van der Waals surface area (Å²) in [4.78, 5) is 13.3. The van der Waals surface area contributed by atoms with E-state index < -0.39 is 0 Å². The standard InChI is InChI=1S/C10H10BrN3O/c1-13(2)10(15)7-3-4-14-9(5-7)8(11)6-12-14/h3-6H,1-2H3. The normalized spacial score (nSPS) is 10.6. The summed E-state index contributed by atoms with van der Waals surface area (Å²) in [7, 11) is 3.47. The maximum absolute atomic E-state index is 11.7. The van der Waals surface area contributed by atoms with Gasteiger partial charge in [-0.2, -0.15) is 5.10 Å². The number of nitrogens with zero attached hydrogens (tertiary/aromatic N) is 3. The maximum Gasteiger partial charge on any atom is 0.253 e. The molecule has 0 radical (unpaired) electrons. The number of carbonyl (C=O) groups excluding carboxylic acids is 1. The molecule has 0 aromatic carbocycles. The zero-order valence-electron chi connectivity index (χ0n) is 8.44. The molecule has 0 bridgehead atoms. The summed E-state index contributed by atoms with van der Waals surface area (Å²) in [6, 6.07) is 3.58. The van der Waals surface area contributed by atoms with Gasteiger partial charge < -0.3 is 4.90 Å². The lowest BCUT2D eigenvalue weighted by Gasteiger charge is -2.09. The van der Waals surface area contributed by atoms with Gasteiger partial charge in [0.15, 0.2) is 0 Å². The molecule has 4 nitrogen and oxygen atoms in total. The smallest absolute Gasteiger partial charge is 0.253 e. The van der Waals surface area contributed by atoms with Gasteiger partial charge in [-0.3, -0.25) is 4.79 Å². The van der Waals surface area contributed by atoms with E-state index in [1.165, 1.54) is 0 Å². The van der Waals surface area contributed by atoms with Crippen molar-refractivity contribution in [3.8, 4) is 0 Å². The van der Waals surface area contributed by atoms with Crippen molar-refractivity contribution in [3.63, 3.8) is 0 Å². The zero-order valence-corrected chi connectivity index (χ0v) is 10.0. The van der Waals surface area contributed by atoms with Crippen molar-refractivity contribution in [1.82, 2.24) is 14.5 Å². The van der Waals surface area contributed by atoms with E-state index in [0.29, 0.717) is 5.56 Å². The zero-order chi connectivity index (χ0) is 11.0. The van der Waals surface area contributed by atoms with Crippen LogP contribution >= 0.6 is 15.9 Å². The molecule has 5 heteroatoms. The van der Waals surface area contributed by atoms with Crippen LogP contribution in [0.15, 0.2) is 29.0 Å². The number of hydrogen-bond donors (Lipinski definition) is 0. The molecule has 0 aliphatic carbocycles. The first-order valence-corrected chi connectivity index (χ1v) is 5.23. The fraction of sp³-hybridized carbons (Fsp3) is 0.200. The molecule has 2 aromatic rings. The topological polar surface area (TPSA) is 37.6 Å². The number of aromatic nitrogens is 2. The number of pyridine rings is 1. The van der Waals surface area contributed by atoms with Crippen molar-refractivity contribution in [1.29, 1.82) is 0 Å². The van der Waals surface area contributed by atoms with Gasteiger partial charge in [-0.25, -0.2) is 4.52 Å². The van der Waals surface area contributed by atoms with Crippen LogP contribution in [-0.4, -0.2) is 34.5 Å². The first kappa shape index (κ1) is 10.2. The van der Waals surface area contributed by atoms with E-state index in [9.17, 15) is 4.79 Å². The highest BCUT2D eigenvalue weighted by atomic mass is 79.9. The fourth-order valence-electron chi connectivity index (χ4n) is 1.34. The van der Waals surface area contributed by atoms with Crippen LogP contribution in [0, 0.1) is 0 Å². The van der Waals surface area contributed by atoms with Gasteiger partial charge in [-0.05, 0) is 28.1 Å². The van der Waals surface area contributed by atoms with E-state index in [1.54, 1.807) is 42.0 Å². The minimum absolute atomic E-state index is 0.00870. The van der Waals surface area contributed by atoms with Gasteiger partial charge in [0.05, 0.1) is 16.2 Å². The summed E-state index contributed by atoms with van der Waals surface area (Å²) in [5.41, 5.74) is 1.55. The lowest BCUT2D eigenvalue weighted by Crippen LogP contribution is -2.21. The number of carbonyl (C=O) groups is 1. The molecule has 0 saturated heterocycles. The third-order valence-corrected chi connectivity index (χ3v) is 2.74. The van der Waals surface area contributed by atoms with E-state index in [2.05, 4.69) is 21.0 Å². The van der Waals surface area contributed by atoms with Gasteiger partial charge in [-0.1, -0.05) is 0 Å². The van der Waals surface area contributed by atoms with Crippen molar-refractivity contribution >= 4 is 27.4 Å². The van der Waals surface area contributed by atoms with Gasteiger partial charge in [0.1, 0.15) is 0 Å². The first-order chi connectivity index (χ1) is 7.09. The van der Waals surface area contributed by atoms with Crippen LogP contribution in [0.5, 0.6) is 0 Å². The molecule has 2 heterocycles. The summed E-state index contributed by atoms with van der Waals surface area (Å²) in [6.07, 6.45) is 3.48. The predicted molar refractivity (Wildman–Crippen MR) is 60.9 cm³/mol. The Morgan fingerprint density at radius 3 is 2.93 bits per heavy atom. The summed E-state index contributed by atoms with van der Waals surface area (Å²) in [5.74, 6) is -0.00870. The summed E-state index contributed by atoms with van der Waals surface area (Å²) < 4.78 is 2.60. The Kier molecular flexibility index (Phi) is 2.48. The molecule has 0 N–H and O–H groups in total. The summed E-state index contributed by atoms with van der Waals surface area (Å²) in [6.45, 7) is 0. The predicted octanol–water partition coefficient (Wildman–Crippen LogP) is 1.80. The molecular formula is C10H10BrN3O. The minimum Gasteiger partial charge on any atom is -0.345 e. The van der Waals surface area contributed by atoms with Gasteiger partial charge in [-0.15, -0.1) is 0 Å². The van der Waals surface area contributed by atoms with Crippen molar-refractivity contribution in [2.45, 2.75) is 0 Å². The SMILES string of the molecule is CN(C)C(=O)c1ccn2ncc(Br)c2c1. The molecule has 2 rings (SSSR count). The molecule has 0 spiro atoms. The Hall–Kier alpha value is -1.36. The van der Waals surface area contributed by atoms with Crippen LogP contribution in [-0.2, 0) is 0 Å². The second-order valence-electron chi connectivity index (χ2n) is 3.44. The molecular weight excluding hydrogens is 258 g/mol. The largest absolute Gasteiger partial charge is 0.345 e. The monoisotopic (exact) mass is 267 g/mol. The first-order valence-electron chi connectivity index (χ1n) is 4.44. The van der Waals surface area contributed by atoms with Crippen molar-refractivity contribution in [2.75, 3.05) is 14.1 Å². The highest BCUT2D eigenvalue weighted by Gasteiger charge is 2.09. The molecule has 0 aliphatic rings. The van der Waals surface area contributed by atoms with E-state index in [1.807, 2.05) is 6.07 Å². The van der Waals surface area contributed by atoms with Gasteiger partial charge in [0.2, 0.25) is 0 Å². The van der Waals surface area contributed by atoms with E-state index >= 15 is 0 Å². The number of amides is 1. The molecule has 0 fully saturated rings. The third kappa shape index (κ3) is 1.74. The molecule has 78 valence electrons. The van der Waals surface area contributed by atoms with Crippen LogP contribution in [0.1, 0.15) is 10.4 Å². The fourth-order valence-corrected chi connectivity index (χ4v) is 1.73. The quantitative estimate of drug-likeness (QED) is 0.790. The van der Waals surface area contributed by atoms with Gasteiger partial charge >= 0.3 is 0 Å². The van der Waals surface area contributed by atoms with Gasteiger partial charge in [0.25, 0.3) is 5.91 Å². The lowest BCUT2D eigenvalue weighted by molar-refractivity contribution is 0.0827. The molecule has 0 unspecified atom stereocenters. The van der Waals surface area contributed by atoms with Gasteiger partial charge in [0, 0.05) is 25.9 Å². The minimum atomic E-state index is -0.00870. The average Bonchev–Trinajstić information content (AvgIpc) is 2.59. The Labute approximate surface area is 95.6 Å². The van der Waals surface area contributed by atoms with Crippen LogP contribution in [0.2, 0.25) is 0 Å². The Morgan fingerprint density at radius 2 is 2.27 bits per heavy atom. The summed E-state index contributed by atoms with van der Waals surface area (Å²) in [5, 5.41) is 4.11. The molecule has 2 aromatic heterocycles. The van der Waals surface area contributed by atoms with Crippen LogP contribution in [0.4, 0.5) is 0 Å². The molecule has 1 amide bonds. The molecule has 0 aliphatic heterocycles. The Morgan fingerprint density at radius 1 is 1.53 bits per heavy atom. The van der Waals surface area contributed by atoms with E-state index in [-0.39, 0.29) is 5.91 Å². The van der Waals surface area contributed by atoms with Crippen molar-refractivity contribution < 1.29 is 4.79 Å². The second kappa shape index (κ2) is 3.66. The highest BCUT2D eigenvalue weighted by molar-refractivity contribution is 9.10. The van der Waals surface area contributed by atoms with Crippen LogP contribution < -0.4 is 0 Å². The number of hydrogen-bond acceptors (Lipinski definition) is 2. The molecule has 0 atom stereocenters. The third-order valence-electron chi connectivity index (χ3n) is 2.13. The van der Waals surface area contributed by atoms with Crippen molar-refractivity contribution in [2.24, 2.45) is 0 Å². The Balaban J connectivity index is 2.55. The number of fused-ring (bicyclic) bond motifs is 1.